The fourth-order valence-electron chi connectivity index (χ4n) is 4.55. The van der Waals surface area contributed by atoms with E-state index in [4.69, 9.17) is 14.2 Å². The Kier molecular flexibility index (Phi) is 8.68. The van der Waals surface area contributed by atoms with Crippen LogP contribution in [0.4, 0.5) is 0 Å². The van der Waals surface area contributed by atoms with Crippen LogP contribution < -0.4 is 10.6 Å². The number of rotatable bonds is 8. The van der Waals surface area contributed by atoms with Gasteiger partial charge in [0.15, 0.2) is 6.61 Å². The number of hydrogen-bond acceptors (Lipinski definition) is 8. The maximum atomic E-state index is 13.2. The number of carbonyl (C=O) groups excluding carboxylic acids is 4. The van der Waals surface area contributed by atoms with Crippen LogP contribution in [0.3, 0.4) is 0 Å². The van der Waals surface area contributed by atoms with Crippen molar-refractivity contribution < 1.29 is 33.4 Å². The predicted molar refractivity (Wildman–Crippen MR) is 127 cm³/mol. The molecule has 1 amide bonds. The Balaban J connectivity index is 1.77. The molecule has 1 heterocycles. The largest absolute Gasteiger partial charge is 0.463 e. The highest BCUT2D eigenvalue weighted by Gasteiger charge is 2.42. The molecule has 0 spiro atoms. The van der Waals surface area contributed by atoms with E-state index >= 15 is 0 Å². The van der Waals surface area contributed by atoms with Gasteiger partial charge in [0, 0.05) is 11.4 Å². The lowest BCUT2D eigenvalue weighted by Crippen LogP contribution is -2.40. The van der Waals surface area contributed by atoms with Crippen LogP contribution in [0.5, 0.6) is 0 Å². The zero-order valence-electron chi connectivity index (χ0n) is 20.6. The SMILES string of the molecule is CCOC(=O)C1=C(C)NC(C)=C(C(=O)OCC)C1C(=O)OCC(=O)NC1CCCc2ccccc21. The number of hydrogen-bond donors (Lipinski definition) is 2. The summed E-state index contributed by atoms with van der Waals surface area (Å²) in [7, 11) is 0. The van der Waals surface area contributed by atoms with Crippen LogP contribution in [0, 0.1) is 5.92 Å². The number of fused-ring (bicyclic) bond motifs is 1. The lowest BCUT2D eigenvalue weighted by molar-refractivity contribution is -0.154. The minimum atomic E-state index is -1.38. The molecule has 0 saturated carbocycles. The maximum absolute atomic E-state index is 13.2. The van der Waals surface area contributed by atoms with Gasteiger partial charge in [-0.15, -0.1) is 0 Å². The third kappa shape index (κ3) is 5.90. The van der Waals surface area contributed by atoms with Gasteiger partial charge < -0.3 is 24.8 Å². The lowest BCUT2D eigenvalue weighted by Gasteiger charge is -2.29. The van der Waals surface area contributed by atoms with Gasteiger partial charge in [-0.2, -0.15) is 0 Å². The summed E-state index contributed by atoms with van der Waals surface area (Å²) in [6.07, 6.45) is 2.68. The summed E-state index contributed by atoms with van der Waals surface area (Å²) < 4.78 is 15.6. The maximum Gasteiger partial charge on any atom is 0.337 e. The quantitative estimate of drug-likeness (QED) is 0.427. The lowest BCUT2D eigenvalue weighted by atomic mass is 9.85. The van der Waals surface area contributed by atoms with Crippen molar-refractivity contribution in [2.24, 2.45) is 5.92 Å². The zero-order chi connectivity index (χ0) is 25.5. The van der Waals surface area contributed by atoms with E-state index in [9.17, 15) is 19.2 Å². The molecular formula is C26H32N2O7. The van der Waals surface area contributed by atoms with E-state index in [1.54, 1.807) is 27.7 Å². The highest BCUT2D eigenvalue weighted by atomic mass is 16.5. The summed E-state index contributed by atoms with van der Waals surface area (Å²) in [4.78, 5) is 51.3. The monoisotopic (exact) mass is 484 g/mol. The molecule has 0 aromatic heterocycles. The Hall–Kier alpha value is -3.62. The Morgan fingerprint density at radius 1 is 0.943 bits per heavy atom. The summed E-state index contributed by atoms with van der Waals surface area (Å²) in [6, 6.07) is 7.76. The first kappa shape index (κ1) is 26.0. The van der Waals surface area contributed by atoms with Crippen molar-refractivity contribution in [1.29, 1.82) is 0 Å². The summed E-state index contributed by atoms with van der Waals surface area (Å²) >= 11 is 0. The topological polar surface area (TPSA) is 120 Å². The Labute approximate surface area is 204 Å². The number of nitrogens with one attached hydrogen (secondary N) is 2. The number of ether oxygens (including phenoxy) is 3. The van der Waals surface area contributed by atoms with Crippen LogP contribution in [0.15, 0.2) is 46.8 Å². The van der Waals surface area contributed by atoms with E-state index < -0.39 is 36.3 Å². The molecule has 9 nitrogen and oxygen atoms in total. The molecule has 1 aliphatic carbocycles. The number of esters is 3. The van der Waals surface area contributed by atoms with Crippen LogP contribution >= 0.6 is 0 Å². The van der Waals surface area contributed by atoms with Crippen molar-refractivity contribution in [2.75, 3.05) is 19.8 Å². The van der Waals surface area contributed by atoms with Crippen LogP contribution in [-0.2, 0) is 39.8 Å². The van der Waals surface area contributed by atoms with Crippen LogP contribution in [-0.4, -0.2) is 43.6 Å². The molecule has 1 aliphatic heterocycles. The summed E-state index contributed by atoms with van der Waals surface area (Å²) in [5.74, 6) is -4.26. The van der Waals surface area contributed by atoms with E-state index in [-0.39, 0.29) is 30.4 Å². The molecule has 188 valence electrons. The van der Waals surface area contributed by atoms with Gasteiger partial charge in [-0.05, 0) is 58.1 Å². The van der Waals surface area contributed by atoms with Gasteiger partial charge in [0.2, 0.25) is 0 Å². The van der Waals surface area contributed by atoms with Gasteiger partial charge >= 0.3 is 17.9 Å². The molecule has 9 heteroatoms. The molecule has 2 N–H and O–H groups in total. The summed E-state index contributed by atoms with van der Waals surface area (Å²) in [6.45, 7) is 6.10. The fraction of sp³-hybridized carbons (Fsp3) is 0.462. The molecule has 1 unspecified atom stereocenters. The van der Waals surface area contributed by atoms with E-state index in [2.05, 4.69) is 10.6 Å². The van der Waals surface area contributed by atoms with E-state index in [0.29, 0.717) is 11.4 Å². The standard InChI is InChI=1S/C26H32N2O7/c1-5-33-24(30)21-15(3)27-16(4)22(25(31)34-6-2)23(21)26(32)35-14-20(29)28-19-13-9-11-17-10-7-8-12-18(17)19/h7-8,10,12,19,23,27H,5-6,9,11,13-14H2,1-4H3,(H,28,29). The highest BCUT2D eigenvalue weighted by Crippen LogP contribution is 2.33. The number of carbonyl (C=O) groups is 4. The minimum absolute atomic E-state index is 0.0490. The molecule has 1 aromatic carbocycles. The van der Waals surface area contributed by atoms with Gasteiger partial charge in [0.05, 0.1) is 30.4 Å². The first-order chi connectivity index (χ1) is 16.8. The number of benzene rings is 1. The predicted octanol–water partition coefficient (Wildman–Crippen LogP) is 2.62. The molecule has 0 fully saturated rings. The van der Waals surface area contributed by atoms with Crippen molar-refractivity contribution >= 4 is 23.8 Å². The van der Waals surface area contributed by atoms with Gasteiger partial charge in [0.25, 0.3) is 5.91 Å². The Morgan fingerprint density at radius 3 is 2.14 bits per heavy atom. The van der Waals surface area contributed by atoms with Gasteiger partial charge in [-0.25, -0.2) is 9.59 Å². The molecule has 0 radical (unpaired) electrons. The third-order valence-corrected chi connectivity index (χ3v) is 6.04. The zero-order valence-corrected chi connectivity index (χ0v) is 20.6. The van der Waals surface area contributed by atoms with E-state index in [1.165, 1.54) is 5.56 Å². The second-order valence-electron chi connectivity index (χ2n) is 8.40. The number of allylic oxidation sites excluding steroid dienone is 2. The number of aryl methyl sites for hydroxylation is 1. The summed E-state index contributed by atoms with van der Waals surface area (Å²) in [5, 5.41) is 5.87. The fourth-order valence-corrected chi connectivity index (χ4v) is 4.55. The highest BCUT2D eigenvalue weighted by molar-refractivity contribution is 6.05. The normalized spacial score (nSPS) is 17.8. The van der Waals surface area contributed by atoms with Crippen molar-refractivity contribution in [3.8, 4) is 0 Å². The second kappa shape index (κ2) is 11.7. The first-order valence-electron chi connectivity index (χ1n) is 11.8. The van der Waals surface area contributed by atoms with Gasteiger partial charge in [-0.1, -0.05) is 24.3 Å². The van der Waals surface area contributed by atoms with Gasteiger partial charge in [-0.3, -0.25) is 9.59 Å². The molecule has 2 aliphatic rings. The Bertz CT molecular complexity index is 1030. The number of amides is 1. The van der Waals surface area contributed by atoms with Gasteiger partial charge in [0.1, 0.15) is 5.92 Å². The minimum Gasteiger partial charge on any atom is -0.463 e. The first-order valence-corrected chi connectivity index (χ1v) is 11.8. The van der Waals surface area contributed by atoms with Crippen molar-refractivity contribution in [3.05, 3.63) is 57.9 Å². The van der Waals surface area contributed by atoms with E-state index in [0.717, 1.165) is 24.8 Å². The molecule has 3 rings (SSSR count). The average Bonchev–Trinajstić information content (AvgIpc) is 2.82. The average molecular weight is 485 g/mol. The van der Waals surface area contributed by atoms with Crippen molar-refractivity contribution in [1.82, 2.24) is 10.6 Å². The van der Waals surface area contributed by atoms with Crippen molar-refractivity contribution in [2.45, 2.75) is 53.0 Å². The smallest absolute Gasteiger partial charge is 0.337 e. The summed E-state index contributed by atoms with van der Waals surface area (Å²) in [5.41, 5.74) is 2.87. The molecular weight excluding hydrogens is 452 g/mol. The van der Waals surface area contributed by atoms with Crippen LogP contribution in [0.1, 0.15) is 57.7 Å². The molecule has 35 heavy (non-hydrogen) atoms. The second-order valence-corrected chi connectivity index (χ2v) is 8.40. The molecule has 1 aromatic rings. The van der Waals surface area contributed by atoms with Crippen LogP contribution in [0.25, 0.3) is 0 Å². The number of dihydropyridines is 1. The van der Waals surface area contributed by atoms with E-state index in [1.807, 2.05) is 24.3 Å². The Morgan fingerprint density at radius 2 is 1.54 bits per heavy atom. The van der Waals surface area contributed by atoms with Crippen molar-refractivity contribution in [3.63, 3.8) is 0 Å². The molecule has 1 atom stereocenters. The molecule has 0 saturated heterocycles. The third-order valence-electron chi connectivity index (χ3n) is 6.04. The molecule has 0 bridgehead atoms. The van der Waals surface area contributed by atoms with Crippen LogP contribution in [0.2, 0.25) is 0 Å².